The van der Waals surface area contributed by atoms with Crippen molar-refractivity contribution >= 4 is 18.3 Å². The molecule has 3 aliphatic rings. The summed E-state index contributed by atoms with van der Waals surface area (Å²) in [5, 5.41) is 6.49. The van der Waals surface area contributed by atoms with Crippen LogP contribution in [0.4, 0.5) is 0 Å². The van der Waals surface area contributed by atoms with Crippen LogP contribution in [0.15, 0.2) is 24.3 Å². The van der Waals surface area contributed by atoms with Crippen LogP contribution in [0.1, 0.15) is 30.9 Å². The van der Waals surface area contributed by atoms with Crippen molar-refractivity contribution in [2.75, 3.05) is 26.7 Å². The van der Waals surface area contributed by atoms with E-state index in [0.29, 0.717) is 6.04 Å². The highest BCUT2D eigenvalue weighted by atomic mass is 35.5. The topological polar surface area (TPSA) is 53.6 Å². The van der Waals surface area contributed by atoms with Gasteiger partial charge in [0.2, 0.25) is 5.91 Å². The number of nitrogens with one attached hydrogen (secondary N) is 2. The van der Waals surface area contributed by atoms with Gasteiger partial charge in [-0.05, 0) is 37.0 Å². The summed E-state index contributed by atoms with van der Waals surface area (Å²) >= 11 is 0. The third-order valence-corrected chi connectivity index (χ3v) is 5.37. The average molecular weight is 352 g/mol. The fraction of sp³-hybridized carbons (Fsp3) is 0.611. The lowest BCUT2D eigenvalue weighted by atomic mass is 9.97. The molecule has 2 heterocycles. The lowest BCUT2D eigenvalue weighted by Crippen LogP contribution is -2.53. The fourth-order valence-corrected chi connectivity index (χ4v) is 3.81. The van der Waals surface area contributed by atoms with Gasteiger partial charge in [0.1, 0.15) is 5.75 Å². The van der Waals surface area contributed by atoms with Crippen LogP contribution >= 0.6 is 12.4 Å². The van der Waals surface area contributed by atoms with Crippen LogP contribution in [0.5, 0.6) is 5.75 Å². The summed E-state index contributed by atoms with van der Waals surface area (Å²) in [5.41, 5.74) is 1.26. The quantitative estimate of drug-likeness (QED) is 0.848. The molecular weight excluding hydrogens is 326 g/mol. The summed E-state index contributed by atoms with van der Waals surface area (Å²) in [6.07, 6.45) is 3.60. The first kappa shape index (κ1) is 17.5. The molecule has 1 saturated carbocycles. The number of hydrogen-bond donors (Lipinski definition) is 2. The van der Waals surface area contributed by atoms with Crippen molar-refractivity contribution in [3.05, 3.63) is 29.8 Å². The molecule has 2 aliphatic heterocycles. The van der Waals surface area contributed by atoms with Crippen molar-refractivity contribution in [3.8, 4) is 5.75 Å². The molecule has 2 N–H and O–H groups in total. The molecule has 6 heteroatoms. The molecule has 1 aromatic carbocycles. The maximum absolute atomic E-state index is 12.4. The number of amides is 1. The van der Waals surface area contributed by atoms with E-state index in [9.17, 15) is 4.79 Å². The highest BCUT2D eigenvalue weighted by Gasteiger charge is 2.44. The molecule has 0 bridgehead atoms. The van der Waals surface area contributed by atoms with Crippen LogP contribution in [-0.2, 0) is 4.79 Å². The minimum absolute atomic E-state index is 0. The SMILES string of the molecule is COc1cccc(C2C(NC(=O)C3CNC3)CCN2C2CC2)c1.Cl. The van der Waals surface area contributed by atoms with Gasteiger partial charge in [-0.1, -0.05) is 12.1 Å². The van der Waals surface area contributed by atoms with E-state index in [4.69, 9.17) is 4.74 Å². The highest BCUT2D eigenvalue weighted by molar-refractivity contribution is 5.85. The van der Waals surface area contributed by atoms with E-state index >= 15 is 0 Å². The second kappa shape index (κ2) is 7.30. The van der Waals surface area contributed by atoms with Crippen LogP contribution in [-0.4, -0.2) is 49.6 Å². The summed E-state index contributed by atoms with van der Waals surface area (Å²) in [5.74, 6) is 1.24. The molecule has 4 rings (SSSR count). The van der Waals surface area contributed by atoms with Crippen molar-refractivity contribution in [1.82, 2.24) is 15.5 Å². The molecule has 1 aliphatic carbocycles. The van der Waals surface area contributed by atoms with Crippen molar-refractivity contribution in [2.45, 2.75) is 37.4 Å². The Kier molecular flexibility index (Phi) is 5.33. The van der Waals surface area contributed by atoms with Crippen LogP contribution in [0.2, 0.25) is 0 Å². The van der Waals surface area contributed by atoms with Gasteiger partial charge in [-0.25, -0.2) is 0 Å². The van der Waals surface area contributed by atoms with E-state index in [1.165, 1.54) is 18.4 Å². The maximum atomic E-state index is 12.4. The Balaban J connectivity index is 0.00000169. The molecule has 0 radical (unpaired) electrons. The Labute approximate surface area is 149 Å². The molecule has 1 aromatic rings. The first-order chi connectivity index (χ1) is 11.3. The smallest absolute Gasteiger partial charge is 0.225 e. The molecule has 3 fully saturated rings. The van der Waals surface area contributed by atoms with E-state index in [1.807, 2.05) is 12.1 Å². The number of hydrogen-bond acceptors (Lipinski definition) is 4. The van der Waals surface area contributed by atoms with Gasteiger partial charge >= 0.3 is 0 Å². The van der Waals surface area contributed by atoms with E-state index < -0.39 is 0 Å². The minimum Gasteiger partial charge on any atom is -0.497 e. The molecule has 2 saturated heterocycles. The fourth-order valence-electron chi connectivity index (χ4n) is 3.81. The summed E-state index contributed by atoms with van der Waals surface area (Å²) in [6, 6.07) is 9.48. The molecule has 132 valence electrons. The third-order valence-electron chi connectivity index (χ3n) is 5.37. The number of halogens is 1. The monoisotopic (exact) mass is 351 g/mol. The Morgan fingerprint density at radius 1 is 1.29 bits per heavy atom. The third kappa shape index (κ3) is 3.39. The van der Waals surface area contributed by atoms with E-state index in [-0.39, 0.29) is 36.3 Å². The van der Waals surface area contributed by atoms with E-state index in [2.05, 4.69) is 27.7 Å². The predicted octanol–water partition coefficient (Wildman–Crippen LogP) is 1.73. The minimum atomic E-state index is 0. The molecule has 5 nitrogen and oxygen atoms in total. The summed E-state index contributed by atoms with van der Waals surface area (Å²) < 4.78 is 5.39. The summed E-state index contributed by atoms with van der Waals surface area (Å²) in [4.78, 5) is 15.0. The van der Waals surface area contributed by atoms with Gasteiger partial charge in [-0.15, -0.1) is 12.4 Å². The van der Waals surface area contributed by atoms with Gasteiger partial charge in [0.15, 0.2) is 0 Å². The van der Waals surface area contributed by atoms with Gasteiger partial charge in [0, 0.05) is 31.7 Å². The van der Waals surface area contributed by atoms with E-state index in [1.54, 1.807) is 7.11 Å². The molecule has 24 heavy (non-hydrogen) atoms. The molecule has 1 amide bonds. The maximum Gasteiger partial charge on any atom is 0.225 e. The summed E-state index contributed by atoms with van der Waals surface area (Å²) in [7, 11) is 1.70. The number of rotatable bonds is 5. The number of carbonyl (C=O) groups excluding carboxylic acids is 1. The molecule has 2 unspecified atom stereocenters. The van der Waals surface area contributed by atoms with Gasteiger partial charge in [0.25, 0.3) is 0 Å². The largest absolute Gasteiger partial charge is 0.497 e. The lowest BCUT2D eigenvalue weighted by Gasteiger charge is -2.32. The van der Waals surface area contributed by atoms with Crippen molar-refractivity contribution in [1.29, 1.82) is 0 Å². The van der Waals surface area contributed by atoms with Gasteiger partial charge in [0.05, 0.1) is 19.1 Å². The van der Waals surface area contributed by atoms with Gasteiger partial charge in [-0.3, -0.25) is 9.69 Å². The molecule has 2 atom stereocenters. The molecule has 0 aromatic heterocycles. The number of methoxy groups -OCH3 is 1. The van der Waals surface area contributed by atoms with Crippen LogP contribution in [0.25, 0.3) is 0 Å². The Morgan fingerprint density at radius 2 is 2.08 bits per heavy atom. The number of nitrogens with zero attached hydrogens (tertiary/aromatic N) is 1. The average Bonchev–Trinajstić information content (AvgIpc) is 3.27. The first-order valence-corrected chi connectivity index (χ1v) is 8.67. The number of ether oxygens (including phenoxy) is 1. The van der Waals surface area contributed by atoms with Crippen LogP contribution in [0, 0.1) is 5.92 Å². The second-order valence-corrected chi connectivity index (χ2v) is 6.95. The number of carbonyl (C=O) groups is 1. The predicted molar refractivity (Wildman–Crippen MR) is 95.6 cm³/mol. The zero-order valence-electron chi connectivity index (χ0n) is 14.0. The van der Waals surface area contributed by atoms with Crippen molar-refractivity contribution in [2.24, 2.45) is 5.92 Å². The Morgan fingerprint density at radius 3 is 2.71 bits per heavy atom. The molecular formula is C18H26ClN3O2. The standard InChI is InChI=1S/C18H25N3O2.ClH/c1-23-15-4-2-3-12(9-15)17-16(7-8-21(17)14-5-6-14)20-18(22)13-10-19-11-13;/h2-4,9,13-14,16-17,19H,5-8,10-11H2,1H3,(H,20,22);1H. The van der Waals surface area contributed by atoms with Crippen LogP contribution in [0.3, 0.4) is 0 Å². The van der Waals surface area contributed by atoms with Gasteiger partial charge < -0.3 is 15.4 Å². The lowest BCUT2D eigenvalue weighted by molar-refractivity contribution is -0.127. The number of likely N-dealkylation sites (tertiary alicyclic amines) is 1. The van der Waals surface area contributed by atoms with E-state index in [0.717, 1.165) is 31.8 Å². The van der Waals surface area contributed by atoms with Crippen LogP contribution < -0.4 is 15.4 Å². The summed E-state index contributed by atoms with van der Waals surface area (Å²) in [6.45, 7) is 2.70. The Hall–Kier alpha value is -1.30. The highest BCUT2D eigenvalue weighted by Crippen LogP contribution is 2.41. The molecule has 0 spiro atoms. The van der Waals surface area contributed by atoms with Gasteiger partial charge in [-0.2, -0.15) is 0 Å². The second-order valence-electron chi connectivity index (χ2n) is 6.95. The first-order valence-electron chi connectivity index (χ1n) is 8.67. The normalized spacial score (nSPS) is 27.2. The van der Waals surface area contributed by atoms with Crippen molar-refractivity contribution in [3.63, 3.8) is 0 Å². The Bertz CT molecular complexity index is 589. The number of benzene rings is 1. The zero-order valence-corrected chi connectivity index (χ0v) is 14.8. The van der Waals surface area contributed by atoms with Crippen molar-refractivity contribution < 1.29 is 9.53 Å². The zero-order chi connectivity index (χ0) is 15.8.